The van der Waals surface area contributed by atoms with Crippen LogP contribution in [0.2, 0.25) is 0 Å². The van der Waals surface area contributed by atoms with Gasteiger partial charge in [0.1, 0.15) is 0 Å². The van der Waals surface area contributed by atoms with Gasteiger partial charge in [0, 0.05) is 11.1 Å². The van der Waals surface area contributed by atoms with Crippen LogP contribution in [0.4, 0.5) is 0 Å². The van der Waals surface area contributed by atoms with Crippen LogP contribution in [-0.2, 0) is 19.1 Å². The van der Waals surface area contributed by atoms with Crippen LogP contribution in [0.25, 0.3) is 0 Å². The standard InChI is InChI=1S/C19H20O5/c1-3-23-17(21)19(18(22)24-4-2)12-10-15(11-13-19)16(20)14-8-6-5-7-9-14/h5-12H,3-4,13H2,1-2H3. The number of ketones is 1. The van der Waals surface area contributed by atoms with Gasteiger partial charge < -0.3 is 9.47 Å². The van der Waals surface area contributed by atoms with Crippen LogP contribution in [0, 0.1) is 5.41 Å². The average Bonchev–Trinajstić information content (AvgIpc) is 2.62. The van der Waals surface area contributed by atoms with Crippen LogP contribution in [0.3, 0.4) is 0 Å². The van der Waals surface area contributed by atoms with Crippen molar-refractivity contribution in [1.82, 2.24) is 0 Å². The van der Waals surface area contributed by atoms with Crippen molar-refractivity contribution in [1.29, 1.82) is 0 Å². The Morgan fingerprint density at radius 1 is 1.00 bits per heavy atom. The Kier molecular flexibility index (Phi) is 5.68. The van der Waals surface area contributed by atoms with E-state index in [1.54, 1.807) is 44.2 Å². The zero-order valence-electron chi connectivity index (χ0n) is 13.8. The van der Waals surface area contributed by atoms with Crippen molar-refractivity contribution < 1.29 is 23.9 Å². The van der Waals surface area contributed by atoms with Gasteiger partial charge in [-0.15, -0.1) is 0 Å². The first-order valence-electron chi connectivity index (χ1n) is 7.88. The maximum Gasteiger partial charge on any atom is 0.327 e. The Labute approximate surface area is 141 Å². The van der Waals surface area contributed by atoms with E-state index in [0.717, 1.165) is 0 Å². The highest BCUT2D eigenvalue weighted by Gasteiger charge is 2.47. The minimum atomic E-state index is -1.52. The molecule has 1 aromatic rings. The molecule has 0 fully saturated rings. The van der Waals surface area contributed by atoms with Gasteiger partial charge in [0.25, 0.3) is 0 Å². The third-order valence-electron chi connectivity index (χ3n) is 3.77. The third-order valence-corrected chi connectivity index (χ3v) is 3.77. The number of rotatable bonds is 6. The summed E-state index contributed by atoms with van der Waals surface area (Å²) < 4.78 is 10.1. The quantitative estimate of drug-likeness (QED) is 0.456. The molecule has 1 aliphatic carbocycles. The molecule has 0 atom stereocenters. The molecule has 0 spiro atoms. The van der Waals surface area contributed by atoms with Crippen molar-refractivity contribution in [2.75, 3.05) is 13.2 Å². The topological polar surface area (TPSA) is 69.7 Å². The SMILES string of the molecule is CCOC(=O)C1(C(=O)OCC)C=CC(C(=O)c2ccccc2)=CC1. The van der Waals surface area contributed by atoms with Crippen LogP contribution in [-0.4, -0.2) is 30.9 Å². The highest BCUT2D eigenvalue weighted by molar-refractivity contribution is 6.12. The van der Waals surface area contributed by atoms with E-state index in [1.807, 2.05) is 6.07 Å². The number of Topliss-reactive ketones (excluding diaryl/α,β-unsaturated/α-hetero) is 1. The number of ether oxygens (including phenoxy) is 2. The number of hydrogen-bond acceptors (Lipinski definition) is 5. The summed E-state index contributed by atoms with van der Waals surface area (Å²) in [7, 11) is 0. The van der Waals surface area contributed by atoms with Gasteiger partial charge in [-0.1, -0.05) is 48.6 Å². The van der Waals surface area contributed by atoms with Crippen molar-refractivity contribution in [2.24, 2.45) is 5.41 Å². The van der Waals surface area contributed by atoms with Crippen LogP contribution in [0.15, 0.2) is 54.1 Å². The predicted octanol–water partition coefficient (Wildman–Crippen LogP) is 2.87. The molecular weight excluding hydrogens is 308 g/mol. The van der Waals surface area contributed by atoms with E-state index in [0.29, 0.717) is 11.1 Å². The summed E-state index contributed by atoms with van der Waals surface area (Å²) in [6, 6.07) is 8.82. The van der Waals surface area contributed by atoms with Crippen LogP contribution < -0.4 is 0 Å². The number of esters is 2. The lowest BCUT2D eigenvalue weighted by Gasteiger charge is -2.27. The summed E-state index contributed by atoms with van der Waals surface area (Å²) in [5, 5.41) is 0. The lowest BCUT2D eigenvalue weighted by molar-refractivity contribution is -0.167. The largest absolute Gasteiger partial charge is 0.465 e. The number of hydrogen-bond donors (Lipinski definition) is 0. The number of benzene rings is 1. The lowest BCUT2D eigenvalue weighted by Crippen LogP contribution is -2.41. The predicted molar refractivity (Wildman–Crippen MR) is 88.3 cm³/mol. The van der Waals surface area contributed by atoms with Gasteiger partial charge in [-0.05, 0) is 20.3 Å². The van der Waals surface area contributed by atoms with E-state index in [4.69, 9.17) is 9.47 Å². The molecule has 0 aromatic heterocycles. The Bertz CT molecular complexity index is 667. The van der Waals surface area contributed by atoms with E-state index in [-0.39, 0.29) is 25.4 Å². The zero-order chi connectivity index (χ0) is 17.6. The average molecular weight is 328 g/mol. The zero-order valence-corrected chi connectivity index (χ0v) is 13.8. The first-order chi connectivity index (χ1) is 11.5. The van der Waals surface area contributed by atoms with E-state index >= 15 is 0 Å². The molecule has 2 rings (SSSR count). The van der Waals surface area contributed by atoms with Crippen molar-refractivity contribution in [3.05, 3.63) is 59.7 Å². The van der Waals surface area contributed by atoms with Crippen molar-refractivity contribution in [3.63, 3.8) is 0 Å². The highest BCUT2D eigenvalue weighted by atomic mass is 16.6. The Morgan fingerprint density at radius 2 is 1.58 bits per heavy atom. The molecule has 0 amide bonds. The maximum atomic E-state index is 12.4. The van der Waals surface area contributed by atoms with Crippen molar-refractivity contribution >= 4 is 17.7 Å². The Balaban J connectivity index is 2.26. The van der Waals surface area contributed by atoms with Gasteiger partial charge in [0.2, 0.25) is 0 Å². The summed E-state index contributed by atoms with van der Waals surface area (Å²) in [5.41, 5.74) is -0.537. The second kappa shape index (κ2) is 7.73. The normalized spacial score (nSPS) is 15.3. The van der Waals surface area contributed by atoms with Crippen LogP contribution >= 0.6 is 0 Å². The monoisotopic (exact) mass is 328 g/mol. The molecule has 0 bridgehead atoms. The first kappa shape index (κ1) is 17.7. The summed E-state index contributed by atoms with van der Waals surface area (Å²) in [6.07, 6.45) is 4.53. The van der Waals surface area contributed by atoms with Gasteiger partial charge in [-0.3, -0.25) is 14.4 Å². The third kappa shape index (κ3) is 3.45. The Hall–Kier alpha value is -2.69. The van der Waals surface area contributed by atoms with Crippen LogP contribution in [0.5, 0.6) is 0 Å². The van der Waals surface area contributed by atoms with E-state index in [1.165, 1.54) is 12.2 Å². The summed E-state index contributed by atoms with van der Waals surface area (Å²) in [5.74, 6) is -1.49. The van der Waals surface area contributed by atoms with E-state index in [9.17, 15) is 14.4 Å². The molecule has 5 heteroatoms. The number of allylic oxidation sites excluding steroid dienone is 3. The summed E-state index contributed by atoms with van der Waals surface area (Å²) in [6.45, 7) is 3.66. The molecular formula is C19H20O5. The molecule has 0 radical (unpaired) electrons. The molecule has 126 valence electrons. The molecule has 0 unspecified atom stereocenters. The summed E-state index contributed by atoms with van der Waals surface area (Å²) in [4.78, 5) is 37.0. The minimum absolute atomic E-state index is 0.0368. The van der Waals surface area contributed by atoms with Gasteiger partial charge in [0.05, 0.1) is 13.2 Å². The van der Waals surface area contributed by atoms with Crippen molar-refractivity contribution in [3.8, 4) is 0 Å². The number of carbonyl (C=O) groups is 3. The molecule has 5 nitrogen and oxygen atoms in total. The first-order valence-corrected chi connectivity index (χ1v) is 7.88. The maximum absolute atomic E-state index is 12.4. The smallest absolute Gasteiger partial charge is 0.327 e. The van der Waals surface area contributed by atoms with E-state index in [2.05, 4.69) is 0 Å². The van der Waals surface area contributed by atoms with Crippen molar-refractivity contribution in [2.45, 2.75) is 20.3 Å². The highest BCUT2D eigenvalue weighted by Crippen LogP contribution is 2.34. The fourth-order valence-corrected chi connectivity index (χ4v) is 2.47. The molecule has 0 saturated heterocycles. The second-order valence-electron chi connectivity index (χ2n) is 5.30. The van der Waals surface area contributed by atoms with Gasteiger partial charge in [-0.25, -0.2) is 0 Å². The Morgan fingerprint density at radius 3 is 2.04 bits per heavy atom. The minimum Gasteiger partial charge on any atom is -0.465 e. The fourth-order valence-electron chi connectivity index (χ4n) is 2.47. The number of carbonyl (C=O) groups excluding carboxylic acids is 3. The molecule has 0 aliphatic heterocycles. The lowest BCUT2D eigenvalue weighted by atomic mass is 9.79. The van der Waals surface area contributed by atoms with Gasteiger partial charge >= 0.3 is 11.9 Å². The molecule has 1 aliphatic rings. The molecule has 0 N–H and O–H groups in total. The molecule has 0 heterocycles. The second-order valence-corrected chi connectivity index (χ2v) is 5.30. The van der Waals surface area contributed by atoms with E-state index < -0.39 is 17.4 Å². The fraction of sp³-hybridized carbons (Fsp3) is 0.316. The summed E-state index contributed by atoms with van der Waals surface area (Å²) >= 11 is 0. The van der Waals surface area contributed by atoms with Gasteiger partial charge in [0.15, 0.2) is 11.2 Å². The molecule has 24 heavy (non-hydrogen) atoms. The van der Waals surface area contributed by atoms with Crippen LogP contribution in [0.1, 0.15) is 30.6 Å². The van der Waals surface area contributed by atoms with Gasteiger partial charge in [-0.2, -0.15) is 0 Å². The molecule has 0 saturated carbocycles. The molecule has 1 aromatic carbocycles.